The monoisotopic (exact) mass is 267 g/mol. The lowest BCUT2D eigenvalue weighted by molar-refractivity contribution is 0.0852. The SMILES string of the molecule is OCC1(c2ccccc2)CC(NCc2ccccc2)C1. The van der Waals surface area contributed by atoms with Crippen molar-refractivity contribution in [2.24, 2.45) is 0 Å². The first-order chi connectivity index (χ1) is 9.82. The van der Waals surface area contributed by atoms with Gasteiger partial charge < -0.3 is 10.4 Å². The highest BCUT2D eigenvalue weighted by atomic mass is 16.3. The maximum absolute atomic E-state index is 9.77. The molecule has 2 heteroatoms. The normalized spacial score (nSPS) is 25.1. The summed E-state index contributed by atoms with van der Waals surface area (Å²) in [5.41, 5.74) is 2.55. The van der Waals surface area contributed by atoms with Crippen molar-refractivity contribution in [2.45, 2.75) is 30.8 Å². The zero-order valence-corrected chi connectivity index (χ0v) is 11.6. The molecule has 20 heavy (non-hydrogen) atoms. The predicted octanol–water partition coefficient (Wildman–Crippen LogP) is 2.87. The molecule has 2 nitrogen and oxygen atoms in total. The minimum Gasteiger partial charge on any atom is -0.395 e. The van der Waals surface area contributed by atoms with Gasteiger partial charge in [-0.3, -0.25) is 0 Å². The van der Waals surface area contributed by atoms with Gasteiger partial charge in [0.2, 0.25) is 0 Å². The number of aliphatic hydroxyl groups is 1. The molecule has 2 aromatic carbocycles. The Bertz CT molecular complexity index is 532. The Morgan fingerprint density at radius 3 is 2.15 bits per heavy atom. The Balaban J connectivity index is 1.57. The van der Waals surface area contributed by atoms with E-state index in [9.17, 15) is 5.11 Å². The van der Waals surface area contributed by atoms with E-state index in [-0.39, 0.29) is 12.0 Å². The quantitative estimate of drug-likeness (QED) is 0.873. The molecule has 0 amide bonds. The predicted molar refractivity (Wildman–Crippen MR) is 81.5 cm³/mol. The third-order valence-corrected chi connectivity index (χ3v) is 4.40. The van der Waals surface area contributed by atoms with Crippen molar-refractivity contribution in [2.75, 3.05) is 6.61 Å². The molecular weight excluding hydrogens is 246 g/mol. The topological polar surface area (TPSA) is 32.3 Å². The van der Waals surface area contributed by atoms with E-state index in [1.807, 2.05) is 12.1 Å². The highest BCUT2D eigenvalue weighted by molar-refractivity contribution is 5.30. The van der Waals surface area contributed by atoms with Crippen LogP contribution in [0.3, 0.4) is 0 Å². The molecule has 1 fully saturated rings. The van der Waals surface area contributed by atoms with Crippen LogP contribution in [0.15, 0.2) is 60.7 Å². The van der Waals surface area contributed by atoms with Crippen LogP contribution in [0.4, 0.5) is 0 Å². The standard InChI is InChI=1S/C18H21NO/c20-14-18(16-9-5-2-6-10-16)11-17(12-18)19-13-15-7-3-1-4-8-15/h1-10,17,19-20H,11-14H2. The van der Waals surface area contributed by atoms with Crippen molar-refractivity contribution >= 4 is 0 Å². The maximum Gasteiger partial charge on any atom is 0.0529 e. The van der Waals surface area contributed by atoms with Gasteiger partial charge in [-0.2, -0.15) is 0 Å². The second kappa shape index (κ2) is 5.78. The molecule has 1 saturated carbocycles. The molecule has 0 heterocycles. The number of nitrogens with one attached hydrogen (secondary N) is 1. The van der Waals surface area contributed by atoms with Gasteiger partial charge in [-0.1, -0.05) is 60.7 Å². The minimum atomic E-state index is -0.0321. The second-order valence-electron chi connectivity index (χ2n) is 5.78. The number of benzene rings is 2. The lowest BCUT2D eigenvalue weighted by atomic mass is 9.62. The highest BCUT2D eigenvalue weighted by Gasteiger charge is 2.44. The molecule has 0 aliphatic heterocycles. The van der Waals surface area contributed by atoms with E-state index in [1.165, 1.54) is 11.1 Å². The van der Waals surface area contributed by atoms with Crippen LogP contribution in [0.2, 0.25) is 0 Å². The van der Waals surface area contributed by atoms with Crippen LogP contribution in [0.25, 0.3) is 0 Å². The number of rotatable bonds is 5. The fourth-order valence-electron chi connectivity index (χ4n) is 3.13. The molecule has 1 aliphatic carbocycles. The summed E-state index contributed by atoms with van der Waals surface area (Å²) < 4.78 is 0. The summed E-state index contributed by atoms with van der Waals surface area (Å²) in [6, 6.07) is 21.4. The van der Waals surface area contributed by atoms with Crippen molar-refractivity contribution in [1.29, 1.82) is 0 Å². The van der Waals surface area contributed by atoms with Crippen molar-refractivity contribution in [3.8, 4) is 0 Å². The molecular formula is C18H21NO. The zero-order chi connectivity index (χ0) is 13.8. The van der Waals surface area contributed by atoms with Crippen LogP contribution in [0.1, 0.15) is 24.0 Å². The van der Waals surface area contributed by atoms with Gasteiger partial charge in [0.25, 0.3) is 0 Å². The van der Waals surface area contributed by atoms with Crippen molar-refractivity contribution in [3.05, 3.63) is 71.8 Å². The summed E-state index contributed by atoms with van der Waals surface area (Å²) in [5.74, 6) is 0. The molecule has 0 spiro atoms. The average molecular weight is 267 g/mol. The van der Waals surface area contributed by atoms with E-state index in [4.69, 9.17) is 0 Å². The fourth-order valence-corrected chi connectivity index (χ4v) is 3.13. The molecule has 0 unspecified atom stereocenters. The van der Waals surface area contributed by atoms with Crippen molar-refractivity contribution in [3.63, 3.8) is 0 Å². The van der Waals surface area contributed by atoms with Gasteiger partial charge in [0.05, 0.1) is 6.61 Å². The number of hydrogen-bond donors (Lipinski definition) is 2. The highest BCUT2D eigenvalue weighted by Crippen LogP contribution is 2.43. The van der Waals surface area contributed by atoms with E-state index in [0.717, 1.165) is 19.4 Å². The molecule has 0 atom stereocenters. The van der Waals surface area contributed by atoms with Gasteiger partial charge in [0.1, 0.15) is 0 Å². The smallest absolute Gasteiger partial charge is 0.0529 e. The third-order valence-electron chi connectivity index (χ3n) is 4.40. The molecule has 0 bridgehead atoms. The molecule has 0 radical (unpaired) electrons. The summed E-state index contributed by atoms with van der Waals surface area (Å²) >= 11 is 0. The Morgan fingerprint density at radius 2 is 1.55 bits per heavy atom. The summed E-state index contributed by atoms with van der Waals surface area (Å²) in [4.78, 5) is 0. The van der Waals surface area contributed by atoms with Gasteiger partial charge in [0, 0.05) is 18.0 Å². The van der Waals surface area contributed by atoms with E-state index in [1.54, 1.807) is 0 Å². The average Bonchev–Trinajstić information content (AvgIpc) is 2.48. The van der Waals surface area contributed by atoms with E-state index in [0.29, 0.717) is 6.04 Å². The number of aliphatic hydroxyl groups excluding tert-OH is 1. The fraction of sp³-hybridized carbons (Fsp3) is 0.333. The zero-order valence-electron chi connectivity index (χ0n) is 11.6. The molecule has 3 rings (SSSR count). The minimum absolute atomic E-state index is 0.0321. The van der Waals surface area contributed by atoms with E-state index in [2.05, 4.69) is 53.8 Å². The van der Waals surface area contributed by atoms with Crippen LogP contribution in [-0.4, -0.2) is 17.8 Å². The molecule has 2 aromatic rings. The number of hydrogen-bond acceptors (Lipinski definition) is 2. The summed E-state index contributed by atoms with van der Waals surface area (Å²) in [7, 11) is 0. The third kappa shape index (κ3) is 2.62. The molecule has 0 aromatic heterocycles. The lowest BCUT2D eigenvalue weighted by Gasteiger charge is -2.47. The maximum atomic E-state index is 9.77. The van der Waals surface area contributed by atoms with Crippen LogP contribution in [0, 0.1) is 0 Å². The van der Waals surface area contributed by atoms with E-state index < -0.39 is 0 Å². The Kier molecular flexibility index (Phi) is 3.86. The Labute approximate surface area is 120 Å². The van der Waals surface area contributed by atoms with Crippen LogP contribution in [-0.2, 0) is 12.0 Å². The lowest BCUT2D eigenvalue weighted by Crippen LogP contribution is -2.53. The van der Waals surface area contributed by atoms with E-state index >= 15 is 0 Å². The van der Waals surface area contributed by atoms with Gasteiger partial charge in [-0.05, 0) is 24.0 Å². The molecule has 0 saturated heterocycles. The summed E-state index contributed by atoms with van der Waals surface area (Å²) in [6.45, 7) is 1.14. The first kappa shape index (κ1) is 13.3. The summed E-state index contributed by atoms with van der Waals surface area (Å²) in [5, 5.41) is 13.3. The molecule has 104 valence electrons. The first-order valence-electron chi connectivity index (χ1n) is 7.26. The van der Waals surface area contributed by atoms with Gasteiger partial charge >= 0.3 is 0 Å². The largest absolute Gasteiger partial charge is 0.395 e. The molecule has 2 N–H and O–H groups in total. The van der Waals surface area contributed by atoms with Gasteiger partial charge in [0.15, 0.2) is 0 Å². The van der Waals surface area contributed by atoms with Gasteiger partial charge in [-0.25, -0.2) is 0 Å². The van der Waals surface area contributed by atoms with Gasteiger partial charge in [-0.15, -0.1) is 0 Å². The van der Waals surface area contributed by atoms with Crippen LogP contribution in [0.5, 0.6) is 0 Å². The Hall–Kier alpha value is -1.64. The van der Waals surface area contributed by atoms with Crippen LogP contribution < -0.4 is 5.32 Å². The summed E-state index contributed by atoms with van der Waals surface area (Å²) in [6.07, 6.45) is 2.03. The Morgan fingerprint density at radius 1 is 0.950 bits per heavy atom. The van der Waals surface area contributed by atoms with Crippen molar-refractivity contribution in [1.82, 2.24) is 5.32 Å². The first-order valence-corrected chi connectivity index (χ1v) is 7.26. The van der Waals surface area contributed by atoms with Crippen molar-refractivity contribution < 1.29 is 5.11 Å². The molecule has 1 aliphatic rings. The van der Waals surface area contributed by atoms with Crippen LogP contribution >= 0.6 is 0 Å². The second-order valence-corrected chi connectivity index (χ2v) is 5.78.